The van der Waals surface area contributed by atoms with Crippen LogP contribution in [0, 0.1) is 0 Å². The molecule has 5 nitrogen and oxygen atoms in total. The van der Waals surface area contributed by atoms with E-state index in [0.29, 0.717) is 30.4 Å². The second-order valence-electron chi connectivity index (χ2n) is 6.52. The molecule has 1 saturated heterocycles. The molecule has 140 valence electrons. The average molecular weight is 475 g/mol. The summed E-state index contributed by atoms with van der Waals surface area (Å²) in [4.78, 5) is 16.7. The minimum atomic E-state index is -3.47. The van der Waals surface area contributed by atoms with Crippen molar-refractivity contribution in [3.8, 4) is 0 Å². The van der Waals surface area contributed by atoms with Gasteiger partial charge in [0.15, 0.2) is 0 Å². The smallest absolute Gasteiger partial charge is 0.264 e. The fraction of sp³-hybridized carbons (Fsp3) is 0.471. The third kappa shape index (κ3) is 3.52. The number of amides is 1. The minimum Gasteiger partial charge on any atom is -0.335 e. The molecule has 0 aromatic carbocycles. The summed E-state index contributed by atoms with van der Waals surface area (Å²) in [6.07, 6.45) is 4.56. The van der Waals surface area contributed by atoms with E-state index >= 15 is 0 Å². The lowest BCUT2D eigenvalue weighted by Crippen LogP contribution is -2.50. The highest BCUT2D eigenvalue weighted by molar-refractivity contribution is 9.11. The summed E-state index contributed by atoms with van der Waals surface area (Å²) in [5.41, 5.74) is 1.33. The van der Waals surface area contributed by atoms with Crippen LogP contribution in [-0.4, -0.2) is 49.7 Å². The molecular weight excluding hydrogens is 456 g/mol. The fourth-order valence-electron chi connectivity index (χ4n) is 3.45. The van der Waals surface area contributed by atoms with E-state index in [4.69, 9.17) is 0 Å². The van der Waals surface area contributed by atoms with Crippen molar-refractivity contribution in [3.05, 3.63) is 37.3 Å². The van der Waals surface area contributed by atoms with E-state index in [1.807, 2.05) is 6.07 Å². The molecule has 0 radical (unpaired) electrons. The lowest BCUT2D eigenvalue weighted by molar-refractivity contribution is 0.0703. The van der Waals surface area contributed by atoms with Gasteiger partial charge in [0.05, 0.1) is 8.66 Å². The number of hydrogen-bond donors (Lipinski definition) is 0. The van der Waals surface area contributed by atoms with Crippen molar-refractivity contribution in [2.24, 2.45) is 0 Å². The summed E-state index contributed by atoms with van der Waals surface area (Å²) in [5, 5.41) is 0. The Labute approximate surface area is 169 Å². The molecule has 2 aromatic rings. The molecule has 0 spiro atoms. The molecule has 3 heterocycles. The van der Waals surface area contributed by atoms with Gasteiger partial charge in [0.1, 0.15) is 4.21 Å². The van der Waals surface area contributed by atoms with E-state index < -0.39 is 10.0 Å². The highest BCUT2D eigenvalue weighted by atomic mass is 79.9. The summed E-state index contributed by atoms with van der Waals surface area (Å²) in [6.45, 7) is 1.56. The van der Waals surface area contributed by atoms with Crippen molar-refractivity contribution in [1.82, 2.24) is 9.21 Å². The second-order valence-corrected chi connectivity index (χ2v) is 12.3. The van der Waals surface area contributed by atoms with Crippen molar-refractivity contribution >= 4 is 54.5 Å². The quantitative estimate of drug-likeness (QED) is 0.682. The molecule has 0 atom stereocenters. The Morgan fingerprint density at radius 3 is 2.42 bits per heavy atom. The number of nitrogens with zero attached hydrogens (tertiary/aromatic N) is 2. The first-order chi connectivity index (χ1) is 12.4. The van der Waals surface area contributed by atoms with Crippen LogP contribution in [0.5, 0.6) is 0 Å². The van der Waals surface area contributed by atoms with E-state index in [-0.39, 0.29) is 5.91 Å². The number of halogens is 1. The standard InChI is InChI=1S/C17H19BrN2O3S3/c18-15-5-6-16(25-15)26(22,23)20-9-7-19(8-10-20)17(21)14-11-12-3-1-2-4-13(12)24-14/h5-6,11H,1-4,7-10H2. The number of carbonyl (C=O) groups excluding carboxylic acids is 1. The lowest BCUT2D eigenvalue weighted by atomic mass is 9.99. The van der Waals surface area contributed by atoms with Gasteiger partial charge < -0.3 is 4.90 Å². The SMILES string of the molecule is O=C(c1cc2c(s1)CCCC2)N1CCN(S(=O)(=O)c2ccc(Br)s2)CC1. The first-order valence-electron chi connectivity index (χ1n) is 8.61. The Bertz CT molecular complexity index is 903. The number of carbonyl (C=O) groups is 1. The van der Waals surface area contributed by atoms with Crippen LogP contribution in [0.2, 0.25) is 0 Å². The van der Waals surface area contributed by atoms with Gasteiger partial charge in [-0.3, -0.25) is 4.79 Å². The second kappa shape index (κ2) is 7.35. The lowest BCUT2D eigenvalue weighted by Gasteiger charge is -2.33. The molecule has 1 fully saturated rings. The molecule has 0 saturated carbocycles. The topological polar surface area (TPSA) is 57.7 Å². The summed E-state index contributed by atoms with van der Waals surface area (Å²) < 4.78 is 28.0. The van der Waals surface area contributed by atoms with Crippen LogP contribution in [0.1, 0.15) is 33.0 Å². The van der Waals surface area contributed by atoms with Crippen molar-refractivity contribution in [2.45, 2.75) is 29.9 Å². The molecule has 2 aromatic heterocycles. The number of aryl methyl sites for hydroxylation is 2. The molecular formula is C17H19BrN2O3S3. The largest absolute Gasteiger partial charge is 0.335 e. The van der Waals surface area contributed by atoms with Gasteiger partial charge >= 0.3 is 0 Å². The van der Waals surface area contributed by atoms with Crippen LogP contribution >= 0.6 is 38.6 Å². The van der Waals surface area contributed by atoms with E-state index in [9.17, 15) is 13.2 Å². The molecule has 1 aliphatic carbocycles. The predicted molar refractivity (Wildman–Crippen MR) is 108 cm³/mol. The van der Waals surface area contributed by atoms with Gasteiger partial charge in [0.25, 0.3) is 15.9 Å². The number of sulfonamides is 1. The maximum atomic E-state index is 12.8. The van der Waals surface area contributed by atoms with Crippen LogP contribution in [0.4, 0.5) is 0 Å². The summed E-state index contributed by atoms with van der Waals surface area (Å²) >= 11 is 6.14. The Kier molecular flexibility index (Phi) is 5.26. The zero-order valence-corrected chi connectivity index (χ0v) is 18.1. The molecule has 1 aliphatic heterocycles. The third-order valence-electron chi connectivity index (χ3n) is 4.88. The number of hydrogen-bond acceptors (Lipinski definition) is 5. The molecule has 26 heavy (non-hydrogen) atoms. The van der Waals surface area contributed by atoms with E-state index in [2.05, 4.69) is 15.9 Å². The van der Waals surface area contributed by atoms with E-state index in [1.54, 1.807) is 28.4 Å². The highest BCUT2D eigenvalue weighted by Gasteiger charge is 2.32. The molecule has 1 amide bonds. The van der Waals surface area contributed by atoms with Gasteiger partial charge in [-0.2, -0.15) is 4.31 Å². The first kappa shape index (κ1) is 18.6. The highest BCUT2D eigenvalue weighted by Crippen LogP contribution is 2.31. The average Bonchev–Trinajstić information content (AvgIpc) is 3.27. The van der Waals surface area contributed by atoms with Crippen LogP contribution in [0.3, 0.4) is 0 Å². The molecule has 0 N–H and O–H groups in total. The molecule has 2 aliphatic rings. The zero-order chi connectivity index (χ0) is 18.3. The Balaban J connectivity index is 1.43. The molecule has 0 unspecified atom stereocenters. The van der Waals surface area contributed by atoms with Gasteiger partial charge in [0.2, 0.25) is 0 Å². The molecule has 4 rings (SSSR count). The zero-order valence-electron chi connectivity index (χ0n) is 14.1. The molecule has 9 heteroatoms. The third-order valence-corrected chi connectivity index (χ3v) is 10.1. The van der Waals surface area contributed by atoms with Gasteiger partial charge in [-0.1, -0.05) is 0 Å². The number of piperazine rings is 1. The summed E-state index contributed by atoms with van der Waals surface area (Å²) in [5.74, 6) is 0.0420. The maximum absolute atomic E-state index is 12.8. The number of rotatable bonds is 3. The molecule has 0 bridgehead atoms. The van der Waals surface area contributed by atoms with Crippen molar-refractivity contribution < 1.29 is 13.2 Å². The number of fused-ring (bicyclic) bond motifs is 1. The van der Waals surface area contributed by atoms with Crippen molar-refractivity contribution in [1.29, 1.82) is 0 Å². The van der Waals surface area contributed by atoms with Crippen LogP contribution in [0.15, 0.2) is 26.2 Å². The van der Waals surface area contributed by atoms with Gasteiger partial charge in [-0.05, 0) is 65.4 Å². The van der Waals surface area contributed by atoms with Gasteiger partial charge in [-0.25, -0.2) is 8.42 Å². The Morgan fingerprint density at radius 1 is 1.04 bits per heavy atom. The Hall–Kier alpha value is -0.740. The monoisotopic (exact) mass is 474 g/mol. The van der Waals surface area contributed by atoms with Gasteiger partial charge in [0, 0.05) is 31.1 Å². The summed E-state index contributed by atoms with van der Waals surface area (Å²) in [7, 11) is -3.47. The van der Waals surface area contributed by atoms with Crippen LogP contribution < -0.4 is 0 Å². The van der Waals surface area contributed by atoms with Crippen LogP contribution in [0.25, 0.3) is 0 Å². The Morgan fingerprint density at radius 2 is 1.77 bits per heavy atom. The maximum Gasteiger partial charge on any atom is 0.264 e. The van der Waals surface area contributed by atoms with Crippen molar-refractivity contribution in [3.63, 3.8) is 0 Å². The fourth-order valence-corrected chi connectivity index (χ4v) is 8.25. The van der Waals surface area contributed by atoms with E-state index in [1.165, 1.54) is 38.9 Å². The minimum absolute atomic E-state index is 0.0420. The van der Waals surface area contributed by atoms with Crippen LogP contribution in [-0.2, 0) is 22.9 Å². The van der Waals surface area contributed by atoms with Crippen molar-refractivity contribution in [2.75, 3.05) is 26.2 Å². The number of thiophene rings is 2. The normalized spacial score (nSPS) is 18.7. The van der Waals surface area contributed by atoms with E-state index in [0.717, 1.165) is 21.5 Å². The van der Waals surface area contributed by atoms with Gasteiger partial charge in [-0.15, -0.1) is 22.7 Å². The first-order valence-corrected chi connectivity index (χ1v) is 12.5. The predicted octanol–water partition coefficient (Wildman–Crippen LogP) is 3.60. The summed E-state index contributed by atoms with van der Waals surface area (Å²) in [6, 6.07) is 5.42.